The molecule has 0 fully saturated rings. The molecule has 0 heterocycles. The van der Waals surface area contributed by atoms with Crippen LogP contribution in [0.1, 0.15) is 272 Å². The van der Waals surface area contributed by atoms with Gasteiger partial charge in [-0.2, -0.15) is 0 Å². The van der Waals surface area contributed by atoms with Crippen molar-refractivity contribution in [2.45, 2.75) is 278 Å². The fraction of sp³-hybridized carbons (Fsp3) is 0.940. The first-order chi connectivity index (χ1) is 27.3. The van der Waals surface area contributed by atoms with Gasteiger partial charge in [0.25, 0.3) is 0 Å². The minimum Gasteiger partial charge on any atom is -0.462 e. The number of rotatable bonds is 44. The number of hydrogen-bond donors (Lipinski definition) is 0. The summed E-state index contributed by atoms with van der Waals surface area (Å²) in [6.07, 6.45) is 42.4. The second-order valence-corrected chi connectivity index (χ2v) is 17.8. The molecule has 0 radical (unpaired) electrons. The van der Waals surface area contributed by atoms with E-state index in [4.69, 9.17) is 14.2 Å². The first-order valence-corrected chi connectivity index (χ1v) is 24.8. The van der Waals surface area contributed by atoms with Gasteiger partial charge in [0.15, 0.2) is 6.10 Å². The van der Waals surface area contributed by atoms with Crippen molar-refractivity contribution in [3.8, 4) is 0 Å². The van der Waals surface area contributed by atoms with Gasteiger partial charge in [0, 0.05) is 19.3 Å². The highest BCUT2D eigenvalue weighted by molar-refractivity contribution is 5.71. The van der Waals surface area contributed by atoms with E-state index in [1.807, 2.05) is 0 Å². The van der Waals surface area contributed by atoms with Crippen molar-refractivity contribution in [2.24, 2.45) is 11.8 Å². The minimum atomic E-state index is -0.760. The second-order valence-electron chi connectivity index (χ2n) is 17.8. The molecule has 0 aromatic rings. The molecule has 0 saturated heterocycles. The summed E-state index contributed by atoms with van der Waals surface area (Å²) in [6, 6.07) is 0. The number of esters is 3. The molecule has 0 aliphatic heterocycles. The van der Waals surface area contributed by atoms with Crippen molar-refractivity contribution < 1.29 is 28.6 Å². The summed E-state index contributed by atoms with van der Waals surface area (Å²) in [6.45, 7) is 11.4. The van der Waals surface area contributed by atoms with Gasteiger partial charge in [-0.15, -0.1) is 0 Å². The summed E-state index contributed by atoms with van der Waals surface area (Å²) in [5.74, 6) is 0.855. The highest BCUT2D eigenvalue weighted by Gasteiger charge is 2.19. The van der Waals surface area contributed by atoms with Gasteiger partial charge >= 0.3 is 17.9 Å². The van der Waals surface area contributed by atoms with Crippen LogP contribution in [0.2, 0.25) is 0 Å². The van der Waals surface area contributed by atoms with Gasteiger partial charge in [0.2, 0.25) is 0 Å². The lowest BCUT2D eigenvalue weighted by Crippen LogP contribution is -2.30. The Bertz CT molecular complexity index is 856. The molecule has 0 aromatic carbocycles. The fourth-order valence-corrected chi connectivity index (χ4v) is 7.43. The average Bonchev–Trinajstić information content (AvgIpc) is 3.18. The van der Waals surface area contributed by atoms with Crippen LogP contribution in [0.5, 0.6) is 0 Å². The van der Waals surface area contributed by atoms with Gasteiger partial charge in [-0.3, -0.25) is 14.4 Å². The Hall–Kier alpha value is -1.59. The predicted octanol–water partition coefficient (Wildman–Crippen LogP) is 15.8. The summed E-state index contributed by atoms with van der Waals surface area (Å²) in [4.78, 5) is 37.7. The van der Waals surface area contributed by atoms with Gasteiger partial charge in [0.05, 0.1) is 0 Å². The van der Waals surface area contributed by atoms with E-state index in [9.17, 15) is 14.4 Å². The van der Waals surface area contributed by atoms with E-state index >= 15 is 0 Å². The number of carbonyl (C=O) groups is 3. The summed E-state index contributed by atoms with van der Waals surface area (Å²) in [5, 5.41) is 0. The Morgan fingerprint density at radius 2 is 0.679 bits per heavy atom. The molecular formula is C50H96O6. The topological polar surface area (TPSA) is 78.9 Å². The third kappa shape index (κ3) is 42.0. The van der Waals surface area contributed by atoms with E-state index < -0.39 is 6.10 Å². The number of unbranched alkanes of at least 4 members (excludes halogenated alkanes) is 28. The standard InChI is InChI=1S/C50H96O6/c1-6-8-9-10-23-30-35-40-48(51)54-43-47(44-55-49(52)41-36-31-26-21-18-17-19-24-28-33-38-45(3)4)56-50(53)42-37-32-27-22-16-14-12-11-13-15-20-25-29-34-39-46(5)7-2/h45-47H,6-44H2,1-5H3/t46?,47-/m1/s1. The summed E-state index contributed by atoms with van der Waals surface area (Å²) < 4.78 is 16.7. The van der Waals surface area contributed by atoms with E-state index in [1.165, 1.54) is 161 Å². The molecular weight excluding hydrogens is 697 g/mol. The first-order valence-electron chi connectivity index (χ1n) is 24.8. The summed E-state index contributed by atoms with van der Waals surface area (Å²) >= 11 is 0. The second kappa shape index (κ2) is 43.0. The minimum absolute atomic E-state index is 0.0646. The lowest BCUT2D eigenvalue weighted by Gasteiger charge is -2.18. The van der Waals surface area contributed by atoms with E-state index in [0.717, 1.165) is 69.6 Å². The Morgan fingerprint density at radius 1 is 0.375 bits per heavy atom. The van der Waals surface area contributed by atoms with Gasteiger partial charge in [-0.25, -0.2) is 0 Å². The Morgan fingerprint density at radius 3 is 1.02 bits per heavy atom. The maximum absolute atomic E-state index is 12.7. The lowest BCUT2D eigenvalue weighted by molar-refractivity contribution is -0.167. The molecule has 0 aliphatic carbocycles. The van der Waals surface area contributed by atoms with Gasteiger partial charge in [-0.1, -0.05) is 234 Å². The molecule has 0 bridgehead atoms. The van der Waals surface area contributed by atoms with E-state index in [-0.39, 0.29) is 31.1 Å². The van der Waals surface area contributed by atoms with Gasteiger partial charge in [0.1, 0.15) is 13.2 Å². The molecule has 0 saturated carbocycles. The molecule has 0 aromatic heterocycles. The summed E-state index contributed by atoms with van der Waals surface area (Å²) in [7, 11) is 0. The molecule has 0 aliphatic rings. The van der Waals surface area contributed by atoms with Crippen molar-refractivity contribution in [3.63, 3.8) is 0 Å². The average molecular weight is 793 g/mol. The predicted molar refractivity (Wildman–Crippen MR) is 238 cm³/mol. The highest BCUT2D eigenvalue weighted by atomic mass is 16.6. The van der Waals surface area contributed by atoms with Crippen LogP contribution >= 0.6 is 0 Å². The van der Waals surface area contributed by atoms with Crippen molar-refractivity contribution >= 4 is 17.9 Å². The highest BCUT2D eigenvalue weighted by Crippen LogP contribution is 2.18. The molecule has 0 spiro atoms. The Kier molecular flexibility index (Phi) is 41.8. The Labute approximate surface area is 348 Å². The zero-order valence-electron chi connectivity index (χ0n) is 38.3. The molecule has 6 nitrogen and oxygen atoms in total. The van der Waals surface area contributed by atoms with E-state index in [1.54, 1.807) is 0 Å². The van der Waals surface area contributed by atoms with Crippen LogP contribution < -0.4 is 0 Å². The third-order valence-electron chi connectivity index (χ3n) is 11.6. The molecule has 0 amide bonds. The fourth-order valence-electron chi connectivity index (χ4n) is 7.43. The first kappa shape index (κ1) is 54.4. The quantitative estimate of drug-likeness (QED) is 0.0347. The van der Waals surface area contributed by atoms with Crippen LogP contribution in [0.25, 0.3) is 0 Å². The van der Waals surface area contributed by atoms with E-state index in [2.05, 4.69) is 34.6 Å². The maximum Gasteiger partial charge on any atom is 0.306 e. The largest absolute Gasteiger partial charge is 0.462 e. The Balaban J connectivity index is 4.22. The third-order valence-corrected chi connectivity index (χ3v) is 11.6. The van der Waals surface area contributed by atoms with Crippen molar-refractivity contribution in [2.75, 3.05) is 13.2 Å². The van der Waals surface area contributed by atoms with Crippen LogP contribution in [0.3, 0.4) is 0 Å². The number of carbonyl (C=O) groups excluding carboxylic acids is 3. The monoisotopic (exact) mass is 793 g/mol. The van der Waals surface area contributed by atoms with Gasteiger partial charge in [-0.05, 0) is 31.1 Å². The zero-order valence-corrected chi connectivity index (χ0v) is 38.3. The van der Waals surface area contributed by atoms with Crippen molar-refractivity contribution in [3.05, 3.63) is 0 Å². The smallest absolute Gasteiger partial charge is 0.306 e. The molecule has 1 unspecified atom stereocenters. The normalized spacial score (nSPS) is 12.5. The lowest BCUT2D eigenvalue weighted by atomic mass is 9.99. The zero-order chi connectivity index (χ0) is 41.2. The molecule has 56 heavy (non-hydrogen) atoms. The molecule has 0 N–H and O–H groups in total. The van der Waals surface area contributed by atoms with Crippen LogP contribution in [0, 0.1) is 11.8 Å². The van der Waals surface area contributed by atoms with Crippen LogP contribution in [-0.4, -0.2) is 37.2 Å². The summed E-state index contributed by atoms with van der Waals surface area (Å²) in [5.41, 5.74) is 0. The maximum atomic E-state index is 12.7. The SMILES string of the molecule is CCCCCCCCCC(=O)OC[C@H](COC(=O)CCCCCCCCCCCCC(C)C)OC(=O)CCCCCCCCCCCCCCCCC(C)CC. The van der Waals surface area contributed by atoms with Crippen LogP contribution in [-0.2, 0) is 28.6 Å². The molecule has 2 atom stereocenters. The molecule has 332 valence electrons. The van der Waals surface area contributed by atoms with Crippen molar-refractivity contribution in [1.29, 1.82) is 0 Å². The number of hydrogen-bond acceptors (Lipinski definition) is 6. The molecule has 0 rings (SSSR count). The molecule has 6 heteroatoms. The van der Waals surface area contributed by atoms with Gasteiger partial charge < -0.3 is 14.2 Å². The van der Waals surface area contributed by atoms with Crippen LogP contribution in [0.15, 0.2) is 0 Å². The number of ether oxygens (including phenoxy) is 3. The van der Waals surface area contributed by atoms with E-state index in [0.29, 0.717) is 19.3 Å². The van der Waals surface area contributed by atoms with Crippen LogP contribution in [0.4, 0.5) is 0 Å². The van der Waals surface area contributed by atoms with Crippen molar-refractivity contribution in [1.82, 2.24) is 0 Å².